The van der Waals surface area contributed by atoms with Crippen LogP contribution in [0.1, 0.15) is 46.1 Å². The van der Waals surface area contributed by atoms with E-state index < -0.39 is 5.60 Å². The molecule has 2 atom stereocenters. The monoisotopic (exact) mass is 374 g/mol. The van der Waals surface area contributed by atoms with Crippen LogP contribution in [0.4, 0.5) is 9.59 Å². The zero-order valence-corrected chi connectivity index (χ0v) is 16.7. The van der Waals surface area contributed by atoms with Gasteiger partial charge in [0.25, 0.3) is 0 Å². The second-order valence-electron chi connectivity index (χ2n) is 8.81. The van der Waals surface area contributed by atoms with Gasteiger partial charge in [-0.25, -0.2) is 9.59 Å². The highest BCUT2D eigenvalue weighted by molar-refractivity contribution is 5.70. The Kier molecular flexibility index (Phi) is 5.36. The normalized spacial score (nSPS) is 23.6. The molecule has 1 aliphatic heterocycles. The third kappa shape index (κ3) is 4.93. The fraction of sp³-hybridized carbons (Fsp3) is 0.619. The van der Waals surface area contributed by atoms with Crippen molar-refractivity contribution in [3.8, 4) is 0 Å². The van der Waals surface area contributed by atoms with Crippen molar-refractivity contribution in [1.29, 1.82) is 0 Å². The zero-order valence-electron chi connectivity index (χ0n) is 16.7. The van der Waals surface area contributed by atoms with Gasteiger partial charge in [-0.3, -0.25) is 0 Å². The van der Waals surface area contributed by atoms with Crippen molar-refractivity contribution in [3.05, 3.63) is 35.9 Å². The van der Waals surface area contributed by atoms with Gasteiger partial charge in [0, 0.05) is 24.5 Å². The maximum Gasteiger partial charge on any atom is 0.410 e. The van der Waals surface area contributed by atoms with Gasteiger partial charge in [-0.1, -0.05) is 37.3 Å². The van der Waals surface area contributed by atoms with Gasteiger partial charge in [0.05, 0.1) is 0 Å². The van der Waals surface area contributed by atoms with Gasteiger partial charge >= 0.3 is 12.2 Å². The first-order valence-electron chi connectivity index (χ1n) is 9.65. The molecular weight excluding hydrogens is 344 g/mol. The maximum absolute atomic E-state index is 12.5. The van der Waals surface area contributed by atoms with Crippen molar-refractivity contribution in [2.75, 3.05) is 13.1 Å². The standard InChI is InChI=1S/C21H30N2O4/c1-15-12-23(19(25)26-14-16-8-6-5-7-9-16)13-17(15)21(10-11-21)22-18(24)27-20(2,3)4/h5-9,15,17H,10-14H2,1-4H3,(H,22,24)/t15-,17-/m0/s1. The minimum absolute atomic E-state index is 0.217. The van der Waals surface area contributed by atoms with Gasteiger partial charge in [0.2, 0.25) is 0 Å². The van der Waals surface area contributed by atoms with Crippen LogP contribution >= 0.6 is 0 Å². The molecule has 0 bridgehead atoms. The summed E-state index contributed by atoms with van der Waals surface area (Å²) in [5, 5.41) is 3.07. The maximum atomic E-state index is 12.5. The zero-order chi connectivity index (χ0) is 19.7. The molecule has 1 aromatic rings. The van der Waals surface area contributed by atoms with Crippen LogP contribution in [0.5, 0.6) is 0 Å². The first-order valence-corrected chi connectivity index (χ1v) is 9.65. The topological polar surface area (TPSA) is 67.9 Å². The van der Waals surface area contributed by atoms with Gasteiger partial charge in [0.1, 0.15) is 12.2 Å². The van der Waals surface area contributed by atoms with E-state index in [9.17, 15) is 9.59 Å². The number of rotatable bonds is 4. The molecule has 6 heteroatoms. The van der Waals surface area contributed by atoms with E-state index in [1.165, 1.54) is 0 Å². The Hall–Kier alpha value is -2.24. The fourth-order valence-electron chi connectivity index (χ4n) is 3.88. The van der Waals surface area contributed by atoms with Crippen LogP contribution in [0.25, 0.3) is 0 Å². The second kappa shape index (κ2) is 7.41. The van der Waals surface area contributed by atoms with Gasteiger partial charge in [-0.15, -0.1) is 0 Å². The van der Waals surface area contributed by atoms with E-state index in [1.807, 2.05) is 51.1 Å². The highest BCUT2D eigenvalue weighted by atomic mass is 16.6. The minimum Gasteiger partial charge on any atom is -0.445 e. The Morgan fingerprint density at radius 2 is 1.85 bits per heavy atom. The molecule has 1 N–H and O–H groups in total. The summed E-state index contributed by atoms with van der Waals surface area (Å²) in [6, 6.07) is 9.66. The minimum atomic E-state index is -0.519. The van der Waals surface area contributed by atoms with Crippen molar-refractivity contribution in [3.63, 3.8) is 0 Å². The van der Waals surface area contributed by atoms with E-state index in [1.54, 1.807) is 4.90 Å². The number of hydrogen-bond donors (Lipinski definition) is 1. The van der Waals surface area contributed by atoms with Crippen LogP contribution in [-0.4, -0.2) is 41.3 Å². The summed E-state index contributed by atoms with van der Waals surface area (Å²) in [5.41, 5.74) is 0.199. The van der Waals surface area contributed by atoms with Gasteiger partial charge in [-0.05, 0) is 45.1 Å². The lowest BCUT2D eigenvalue weighted by Gasteiger charge is -2.29. The van der Waals surface area contributed by atoms with E-state index in [0.717, 1.165) is 18.4 Å². The lowest BCUT2D eigenvalue weighted by molar-refractivity contribution is 0.0468. The molecule has 3 rings (SSSR count). The summed E-state index contributed by atoms with van der Waals surface area (Å²) in [6.07, 6.45) is 1.18. The van der Waals surface area contributed by atoms with Crippen LogP contribution in [0.15, 0.2) is 30.3 Å². The van der Waals surface area contributed by atoms with Crippen molar-refractivity contribution in [1.82, 2.24) is 10.2 Å². The Labute approximate surface area is 161 Å². The fourth-order valence-corrected chi connectivity index (χ4v) is 3.88. The van der Waals surface area contributed by atoms with Crippen LogP contribution in [-0.2, 0) is 16.1 Å². The summed E-state index contributed by atoms with van der Waals surface area (Å²) in [5.74, 6) is 0.515. The number of carbonyl (C=O) groups excluding carboxylic acids is 2. The average molecular weight is 374 g/mol. The number of ether oxygens (including phenoxy) is 2. The quantitative estimate of drug-likeness (QED) is 0.866. The predicted molar refractivity (Wildman–Crippen MR) is 102 cm³/mol. The van der Waals surface area contributed by atoms with Crippen LogP contribution in [0.2, 0.25) is 0 Å². The molecule has 1 aromatic carbocycles. The van der Waals surface area contributed by atoms with E-state index in [2.05, 4.69) is 12.2 Å². The number of benzene rings is 1. The summed E-state index contributed by atoms with van der Waals surface area (Å²) in [7, 11) is 0. The number of carbonyl (C=O) groups is 2. The molecule has 27 heavy (non-hydrogen) atoms. The summed E-state index contributed by atoms with van der Waals surface area (Å²) < 4.78 is 10.9. The van der Waals surface area contributed by atoms with Crippen molar-refractivity contribution < 1.29 is 19.1 Å². The Morgan fingerprint density at radius 1 is 1.19 bits per heavy atom. The van der Waals surface area contributed by atoms with Gasteiger partial charge in [-0.2, -0.15) is 0 Å². The van der Waals surface area contributed by atoms with Crippen molar-refractivity contribution >= 4 is 12.2 Å². The molecule has 1 saturated heterocycles. The number of nitrogens with one attached hydrogen (secondary N) is 1. The Bertz CT molecular complexity index is 679. The largest absolute Gasteiger partial charge is 0.445 e. The SMILES string of the molecule is C[C@H]1CN(C(=O)OCc2ccccc2)C[C@@H]1C1(NC(=O)OC(C)(C)C)CC1. The number of alkyl carbamates (subject to hydrolysis) is 1. The molecule has 6 nitrogen and oxygen atoms in total. The van der Waals surface area contributed by atoms with E-state index in [4.69, 9.17) is 9.47 Å². The number of likely N-dealkylation sites (tertiary alicyclic amines) is 1. The molecule has 2 amide bonds. The molecular formula is C21H30N2O4. The lowest BCUT2D eigenvalue weighted by Crippen LogP contribution is -2.47. The highest BCUT2D eigenvalue weighted by Crippen LogP contribution is 2.48. The summed E-state index contributed by atoms with van der Waals surface area (Å²) in [4.78, 5) is 26.4. The third-order valence-electron chi connectivity index (χ3n) is 5.32. The van der Waals surface area contributed by atoms with E-state index in [0.29, 0.717) is 19.0 Å². The van der Waals surface area contributed by atoms with E-state index >= 15 is 0 Å². The first kappa shape index (κ1) is 19.5. The van der Waals surface area contributed by atoms with Crippen LogP contribution in [0.3, 0.4) is 0 Å². The molecule has 2 aliphatic rings. The molecule has 1 heterocycles. The molecule has 1 aliphatic carbocycles. The van der Waals surface area contributed by atoms with Gasteiger partial charge in [0.15, 0.2) is 0 Å². The Balaban J connectivity index is 1.54. The number of hydrogen-bond acceptors (Lipinski definition) is 4. The van der Waals surface area contributed by atoms with E-state index in [-0.39, 0.29) is 30.3 Å². The molecule has 148 valence electrons. The average Bonchev–Trinajstić information content (AvgIpc) is 3.24. The molecule has 1 saturated carbocycles. The first-order chi connectivity index (χ1) is 12.7. The molecule has 0 unspecified atom stereocenters. The summed E-state index contributed by atoms with van der Waals surface area (Å²) in [6.45, 7) is 9.22. The number of nitrogens with zero attached hydrogens (tertiary/aromatic N) is 1. The predicted octanol–water partition coefficient (Wildman–Crippen LogP) is 3.95. The third-order valence-corrected chi connectivity index (χ3v) is 5.32. The van der Waals surface area contributed by atoms with Crippen LogP contribution < -0.4 is 5.32 Å². The van der Waals surface area contributed by atoms with Crippen LogP contribution in [0, 0.1) is 11.8 Å². The molecule has 0 radical (unpaired) electrons. The molecule has 0 spiro atoms. The summed E-state index contributed by atoms with van der Waals surface area (Å²) >= 11 is 0. The smallest absolute Gasteiger partial charge is 0.410 e. The highest BCUT2D eigenvalue weighted by Gasteiger charge is 2.56. The Morgan fingerprint density at radius 3 is 2.44 bits per heavy atom. The van der Waals surface area contributed by atoms with Gasteiger partial charge < -0.3 is 19.7 Å². The van der Waals surface area contributed by atoms with Crippen molar-refractivity contribution in [2.45, 2.75) is 58.3 Å². The number of amides is 2. The van der Waals surface area contributed by atoms with Crippen molar-refractivity contribution in [2.24, 2.45) is 11.8 Å². The molecule has 0 aromatic heterocycles. The second-order valence-corrected chi connectivity index (χ2v) is 8.81. The molecule has 2 fully saturated rings. The lowest BCUT2D eigenvalue weighted by atomic mass is 9.88.